The Morgan fingerprint density at radius 3 is 2.24 bits per heavy atom. The quantitative estimate of drug-likeness (QED) is 0.308. The molecule has 1 atom stereocenters. The van der Waals surface area contributed by atoms with Gasteiger partial charge in [-0.15, -0.1) is 0 Å². The highest BCUT2D eigenvalue weighted by Gasteiger charge is 2.46. The van der Waals surface area contributed by atoms with Crippen molar-refractivity contribution in [3.63, 3.8) is 0 Å². The van der Waals surface area contributed by atoms with Gasteiger partial charge in [-0.2, -0.15) is 0 Å². The van der Waals surface area contributed by atoms with E-state index in [-0.39, 0.29) is 11.3 Å². The third-order valence-corrected chi connectivity index (χ3v) is 6.36. The van der Waals surface area contributed by atoms with Gasteiger partial charge in [0.2, 0.25) is 5.75 Å². The lowest BCUT2D eigenvalue weighted by atomic mass is 9.94. The molecule has 1 amide bonds. The summed E-state index contributed by atoms with van der Waals surface area (Å²) in [6.45, 7) is 1.82. The van der Waals surface area contributed by atoms with Crippen molar-refractivity contribution in [2.24, 2.45) is 0 Å². The van der Waals surface area contributed by atoms with E-state index in [1.807, 2.05) is 19.0 Å². The molecule has 1 fully saturated rings. The first kappa shape index (κ1) is 26.2. The van der Waals surface area contributed by atoms with Crippen LogP contribution in [0.5, 0.6) is 28.7 Å². The Kier molecular flexibility index (Phi) is 7.77. The second-order valence-corrected chi connectivity index (χ2v) is 8.97. The van der Waals surface area contributed by atoms with Crippen LogP contribution in [0.3, 0.4) is 0 Å². The van der Waals surface area contributed by atoms with Gasteiger partial charge in [0.05, 0.1) is 32.9 Å². The fourth-order valence-electron chi connectivity index (χ4n) is 4.62. The highest BCUT2D eigenvalue weighted by molar-refractivity contribution is 6.46. The van der Waals surface area contributed by atoms with Crippen LogP contribution in [0.25, 0.3) is 5.76 Å². The first-order valence-corrected chi connectivity index (χ1v) is 11.9. The number of amides is 1. The summed E-state index contributed by atoms with van der Waals surface area (Å²) >= 11 is 0. The average molecular weight is 513 g/mol. The van der Waals surface area contributed by atoms with E-state index in [4.69, 9.17) is 23.7 Å². The molecule has 0 spiro atoms. The second kappa shape index (κ2) is 11.0. The summed E-state index contributed by atoms with van der Waals surface area (Å²) in [5, 5.41) is 11.4. The molecule has 0 aromatic heterocycles. The van der Waals surface area contributed by atoms with Crippen LogP contribution in [0.1, 0.15) is 23.6 Å². The van der Waals surface area contributed by atoms with Gasteiger partial charge >= 0.3 is 0 Å². The highest BCUT2D eigenvalue weighted by atomic mass is 16.6. The maximum Gasteiger partial charge on any atom is 0.295 e. The number of ketones is 1. The number of fused-ring (bicyclic) bond motifs is 1. The summed E-state index contributed by atoms with van der Waals surface area (Å²) < 4.78 is 27.7. The van der Waals surface area contributed by atoms with Crippen molar-refractivity contribution in [3.8, 4) is 28.7 Å². The lowest BCUT2D eigenvalue weighted by Crippen LogP contribution is -2.32. The van der Waals surface area contributed by atoms with Crippen LogP contribution < -0.4 is 23.7 Å². The molecule has 0 radical (unpaired) electrons. The van der Waals surface area contributed by atoms with E-state index in [9.17, 15) is 14.7 Å². The number of hydrogen-bond acceptors (Lipinski definition) is 9. The van der Waals surface area contributed by atoms with E-state index in [0.717, 1.165) is 0 Å². The number of rotatable bonds is 9. The first-order valence-electron chi connectivity index (χ1n) is 11.9. The molecule has 1 N–H and O–H groups in total. The maximum atomic E-state index is 13.4. The predicted molar refractivity (Wildman–Crippen MR) is 136 cm³/mol. The molecule has 0 aliphatic carbocycles. The Morgan fingerprint density at radius 2 is 1.65 bits per heavy atom. The summed E-state index contributed by atoms with van der Waals surface area (Å²) in [5.41, 5.74) is 0.853. The van der Waals surface area contributed by atoms with Crippen molar-refractivity contribution in [1.29, 1.82) is 0 Å². The van der Waals surface area contributed by atoms with Gasteiger partial charge in [0.15, 0.2) is 23.0 Å². The summed E-state index contributed by atoms with van der Waals surface area (Å²) in [4.78, 5) is 30.1. The van der Waals surface area contributed by atoms with E-state index in [0.29, 0.717) is 72.6 Å². The number of ether oxygens (including phenoxy) is 5. The van der Waals surface area contributed by atoms with Crippen LogP contribution in [-0.4, -0.2) is 88.3 Å². The zero-order valence-corrected chi connectivity index (χ0v) is 21.7. The topological polar surface area (TPSA) is 107 Å². The average Bonchev–Trinajstić information content (AvgIpc) is 3.16. The highest BCUT2D eigenvalue weighted by Crippen LogP contribution is 2.46. The lowest BCUT2D eigenvalue weighted by Gasteiger charge is -2.27. The standard InChI is InChI=1S/C27H32N2O8/c1-28(2)9-6-10-29-23(17-14-20(33-3)26(35-5)21(15-17)34-4)22(25(31)27(29)32)24(30)16-7-8-18-19(13-16)37-12-11-36-18/h7-8,13-15,23,30H,6,9-12H2,1-5H3/b24-22+. The van der Waals surface area contributed by atoms with Crippen LogP contribution in [0, 0.1) is 0 Å². The maximum absolute atomic E-state index is 13.4. The number of carbonyl (C=O) groups excluding carboxylic acids is 2. The monoisotopic (exact) mass is 512 g/mol. The largest absolute Gasteiger partial charge is 0.507 e. The minimum atomic E-state index is -0.871. The summed E-state index contributed by atoms with van der Waals surface area (Å²) in [5.74, 6) is 0.375. The minimum absolute atomic E-state index is 0.0270. The molecule has 2 aliphatic rings. The fourth-order valence-corrected chi connectivity index (χ4v) is 4.62. The third-order valence-electron chi connectivity index (χ3n) is 6.36. The smallest absolute Gasteiger partial charge is 0.295 e. The molecule has 1 saturated heterocycles. The summed E-state index contributed by atoms with van der Waals surface area (Å²) in [6, 6.07) is 7.42. The molecular weight excluding hydrogens is 480 g/mol. The number of aliphatic hydroxyl groups is 1. The Bertz CT molecular complexity index is 1200. The first-order chi connectivity index (χ1) is 17.8. The number of methoxy groups -OCH3 is 3. The van der Waals surface area contributed by atoms with E-state index < -0.39 is 17.7 Å². The van der Waals surface area contributed by atoms with Gasteiger partial charge in [0.1, 0.15) is 19.0 Å². The third kappa shape index (κ3) is 5.01. The van der Waals surface area contributed by atoms with E-state index >= 15 is 0 Å². The Balaban J connectivity index is 1.87. The normalized spacial score (nSPS) is 18.3. The van der Waals surface area contributed by atoms with Gasteiger partial charge in [-0.3, -0.25) is 9.59 Å². The molecule has 10 heteroatoms. The van der Waals surface area contributed by atoms with Gasteiger partial charge in [-0.05, 0) is 63.0 Å². The Hall–Kier alpha value is -3.92. The molecule has 2 aromatic carbocycles. The number of carbonyl (C=O) groups is 2. The number of aliphatic hydroxyl groups excluding tert-OH is 1. The number of likely N-dealkylation sites (tertiary alicyclic amines) is 1. The number of Topliss-reactive ketones (excluding diaryl/α,β-unsaturated/α-hetero) is 1. The zero-order valence-electron chi connectivity index (χ0n) is 21.7. The van der Waals surface area contributed by atoms with Crippen LogP contribution >= 0.6 is 0 Å². The zero-order chi connectivity index (χ0) is 26.7. The molecule has 4 rings (SSSR count). The van der Waals surface area contributed by atoms with Crippen molar-refractivity contribution in [2.75, 3.05) is 61.7 Å². The molecule has 10 nitrogen and oxygen atoms in total. The lowest BCUT2D eigenvalue weighted by molar-refractivity contribution is -0.139. The molecule has 1 unspecified atom stereocenters. The fraction of sp³-hybridized carbons (Fsp3) is 0.407. The van der Waals surface area contributed by atoms with Crippen molar-refractivity contribution >= 4 is 17.4 Å². The molecule has 2 heterocycles. The van der Waals surface area contributed by atoms with Crippen LogP contribution in [-0.2, 0) is 9.59 Å². The van der Waals surface area contributed by atoms with Crippen molar-refractivity contribution in [2.45, 2.75) is 12.5 Å². The summed E-state index contributed by atoms with van der Waals surface area (Å²) in [6.07, 6.45) is 0.630. The summed E-state index contributed by atoms with van der Waals surface area (Å²) in [7, 11) is 8.35. The van der Waals surface area contributed by atoms with Crippen molar-refractivity contribution in [1.82, 2.24) is 9.80 Å². The molecule has 0 saturated carbocycles. The van der Waals surface area contributed by atoms with Gasteiger partial charge in [0.25, 0.3) is 11.7 Å². The predicted octanol–water partition coefficient (Wildman–Crippen LogP) is 2.86. The number of benzene rings is 2. The van der Waals surface area contributed by atoms with E-state index in [1.165, 1.54) is 26.2 Å². The Labute approximate surface area is 215 Å². The van der Waals surface area contributed by atoms with E-state index in [1.54, 1.807) is 30.3 Å². The van der Waals surface area contributed by atoms with Gasteiger partial charge < -0.3 is 38.6 Å². The van der Waals surface area contributed by atoms with Crippen molar-refractivity contribution in [3.05, 3.63) is 47.0 Å². The molecule has 37 heavy (non-hydrogen) atoms. The molecule has 2 aromatic rings. The van der Waals surface area contributed by atoms with Gasteiger partial charge in [-0.25, -0.2) is 0 Å². The van der Waals surface area contributed by atoms with Crippen LogP contribution in [0.2, 0.25) is 0 Å². The SMILES string of the molecule is COc1cc(C2/C(=C(\O)c3ccc4c(c3)OCCO4)C(=O)C(=O)N2CCCN(C)C)cc(OC)c1OC. The molecule has 0 bridgehead atoms. The van der Waals surface area contributed by atoms with Gasteiger partial charge in [0, 0.05) is 12.1 Å². The van der Waals surface area contributed by atoms with Crippen LogP contribution in [0.15, 0.2) is 35.9 Å². The van der Waals surface area contributed by atoms with Gasteiger partial charge in [-0.1, -0.05) is 0 Å². The van der Waals surface area contributed by atoms with E-state index in [2.05, 4.69) is 0 Å². The number of nitrogens with zero attached hydrogens (tertiary/aromatic N) is 2. The minimum Gasteiger partial charge on any atom is -0.507 e. The molecular formula is C27H32N2O8. The van der Waals surface area contributed by atoms with Crippen molar-refractivity contribution < 1.29 is 38.4 Å². The molecule has 198 valence electrons. The Morgan fingerprint density at radius 1 is 1.00 bits per heavy atom. The second-order valence-electron chi connectivity index (χ2n) is 8.97. The van der Waals surface area contributed by atoms with Crippen LogP contribution in [0.4, 0.5) is 0 Å². The number of hydrogen-bond donors (Lipinski definition) is 1. The molecule has 2 aliphatic heterocycles.